The van der Waals surface area contributed by atoms with Crippen LogP contribution in [0, 0.1) is 0 Å². The van der Waals surface area contributed by atoms with E-state index in [1.54, 1.807) is 37.3 Å². The van der Waals surface area contributed by atoms with E-state index in [2.05, 4.69) is 5.10 Å². The predicted molar refractivity (Wildman–Crippen MR) is 69.9 cm³/mol. The zero-order valence-electron chi connectivity index (χ0n) is 10.8. The summed E-state index contributed by atoms with van der Waals surface area (Å²) in [7, 11) is 0. The van der Waals surface area contributed by atoms with Crippen molar-refractivity contribution < 1.29 is 19.2 Å². The van der Waals surface area contributed by atoms with E-state index in [-0.39, 0.29) is 18.0 Å². The second-order valence-electron chi connectivity index (χ2n) is 3.78. The molecular weight excluding hydrogens is 262 g/mol. The number of rotatable bonds is 4. The number of benzene rings is 1. The van der Waals surface area contributed by atoms with Gasteiger partial charge in [0.2, 0.25) is 0 Å². The van der Waals surface area contributed by atoms with Crippen molar-refractivity contribution in [3.05, 3.63) is 47.7 Å². The molecule has 1 heterocycles. The first-order valence-electron chi connectivity index (χ1n) is 5.91. The molecule has 0 bridgehead atoms. The van der Waals surface area contributed by atoms with Crippen LogP contribution in [0.25, 0.3) is 0 Å². The lowest BCUT2D eigenvalue weighted by atomic mass is 10.2. The van der Waals surface area contributed by atoms with Crippen molar-refractivity contribution in [2.24, 2.45) is 0 Å². The number of aromatic nitrogens is 2. The van der Waals surface area contributed by atoms with Gasteiger partial charge in [-0.25, -0.2) is 9.59 Å². The van der Waals surface area contributed by atoms with Gasteiger partial charge in [-0.1, -0.05) is 23.0 Å². The monoisotopic (exact) mass is 275 g/mol. The van der Waals surface area contributed by atoms with Gasteiger partial charge in [0.15, 0.2) is 5.82 Å². The van der Waals surface area contributed by atoms with Crippen LogP contribution in [-0.2, 0) is 4.74 Å². The van der Waals surface area contributed by atoms with Gasteiger partial charge in [-0.2, -0.15) is 0 Å². The SMILES string of the molecule is CCOC(=O)c1cnn(OC(=O)c2ccccc2)c1N. The molecule has 1 aromatic carbocycles. The third kappa shape index (κ3) is 2.77. The first kappa shape index (κ1) is 13.6. The molecule has 2 N–H and O–H groups in total. The molecule has 0 aliphatic heterocycles. The molecule has 1 aromatic heterocycles. The summed E-state index contributed by atoms with van der Waals surface area (Å²) in [6, 6.07) is 8.36. The lowest BCUT2D eigenvalue weighted by Crippen LogP contribution is -2.23. The molecule has 0 fully saturated rings. The summed E-state index contributed by atoms with van der Waals surface area (Å²) >= 11 is 0. The lowest BCUT2D eigenvalue weighted by molar-refractivity contribution is 0.0402. The topological polar surface area (TPSA) is 96.4 Å². The number of carbonyl (C=O) groups excluding carboxylic acids is 2. The van der Waals surface area contributed by atoms with Gasteiger partial charge in [0.05, 0.1) is 18.4 Å². The molecule has 2 aromatic rings. The van der Waals surface area contributed by atoms with Crippen LogP contribution in [0.5, 0.6) is 0 Å². The molecule has 0 amide bonds. The first-order valence-corrected chi connectivity index (χ1v) is 5.91. The predicted octanol–water partition coefficient (Wildman–Crippen LogP) is 0.911. The maximum Gasteiger partial charge on any atom is 0.365 e. The lowest BCUT2D eigenvalue weighted by Gasteiger charge is -2.05. The maximum absolute atomic E-state index is 11.8. The highest BCUT2D eigenvalue weighted by atomic mass is 16.7. The summed E-state index contributed by atoms with van der Waals surface area (Å²) in [5.41, 5.74) is 6.08. The number of nitrogens with two attached hydrogens (primary N) is 1. The molecule has 0 spiro atoms. The van der Waals surface area contributed by atoms with Gasteiger partial charge in [0.1, 0.15) is 5.56 Å². The van der Waals surface area contributed by atoms with E-state index in [1.165, 1.54) is 6.20 Å². The third-order valence-electron chi connectivity index (χ3n) is 2.45. The zero-order valence-corrected chi connectivity index (χ0v) is 10.8. The van der Waals surface area contributed by atoms with Crippen LogP contribution in [0.1, 0.15) is 27.6 Å². The van der Waals surface area contributed by atoms with Gasteiger partial charge >= 0.3 is 11.9 Å². The first-order chi connectivity index (χ1) is 9.63. The highest BCUT2D eigenvalue weighted by molar-refractivity contribution is 5.94. The quantitative estimate of drug-likeness (QED) is 0.833. The van der Waals surface area contributed by atoms with Crippen molar-refractivity contribution in [1.29, 1.82) is 0 Å². The molecule has 0 aliphatic carbocycles. The number of nitrogens with zero attached hydrogens (tertiary/aromatic N) is 2. The van der Waals surface area contributed by atoms with Gasteiger partial charge < -0.3 is 15.3 Å². The molecule has 0 saturated carbocycles. The largest absolute Gasteiger partial charge is 0.462 e. The Morgan fingerprint density at radius 3 is 2.60 bits per heavy atom. The summed E-state index contributed by atoms with van der Waals surface area (Å²) in [5, 5.41) is 3.73. The standard InChI is InChI=1S/C13H13N3O4/c1-2-19-13(18)10-8-15-16(11(10)14)20-12(17)9-6-4-3-5-7-9/h3-8H,2,14H2,1H3. The number of ether oxygens (including phenoxy) is 1. The molecule has 0 radical (unpaired) electrons. The zero-order chi connectivity index (χ0) is 14.5. The number of nitrogen functional groups attached to an aromatic ring is 1. The Kier molecular flexibility index (Phi) is 3.99. The highest BCUT2D eigenvalue weighted by Crippen LogP contribution is 2.11. The molecule has 2 rings (SSSR count). The Morgan fingerprint density at radius 2 is 1.95 bits per heavy atom. The van der Waals surface area contributed by atoms with Crippen LogP contribution in [0.4, 0.5) is 5.82 Å². The van der Waals surface area contributed by atoms with E-state index in [0.717, 1.165) is 4.85 Å². The Bertz CT molecular complexity index is 622. The second-order valence-corrected chi connectivity index (χ2v) is 3.78. The van der Waals surface area contributed by atoms with Gasteiger partial charge in [-0.15, -0.1) is 5.10 Å². The van der Waals surface area contributed by atoms with Crippen LogP contribution in [0.15, 0.2) is 36.5 Å². The summed E-state index contributed by atoms with van der Waals surface area (Å²) in [4.78, 5) is 29.1. The van der Waals surface area contributed by atoms with Crippen molar-refractivity contribution in [3.8, 4) is 0 Å². The van der Waals surface area contributed by atoms with Crippen LogP contribution in [0.3, 0.4) is 0 Å². The van der Waals surface area contributed by atoms with E-state index in [4.69, 9.17) is 15.3 Å². The second kappa shape index (κ2) is 5.87. The Labute approximate surface area is 114 Å². The van der Waals surface area contributed by atoms with Crippen molar-refractivity contribution in [2.45, 2.75) is 6.92 Å². The Hall–Kier alpha value is -2.83. The van der Waals surface area contributed by atoms with Gasteiger partial charge in [0, 0.05) is 0 Å². The number of hydrogen-bond acceptors (Lipinski definition) is 6. The van der Waals surface area contributed by atoms with Gasteiger partial charge in [-0.3, -0.25) is 0 Å². The smallest absolute Gasteiger partial charge is 0.365 e. The summed E-state index contributed by atoms with van der Waals surface area (Å²) < 4.78 is 4.80. The van der Waals surface area contributed by atoms with Crippen molar-refractivity contribution in [2.75, 3.05) is 12.3 Å². The molecule has 0 unspecified atom stereocenters. The fourth-order valence-electron chi connectivity index (χ4n) is 1.49. The highest BCUT2D eigenvalue weighted by Gasteiger charge is 2.19. The normalized spacial score (nSPS) is 10.1. The minimum Gasteiger partial charge on any atom is -0.462 e. The number of esters is 1. The summed E-state index contributed by atoms with van der Waals surface area (Å²) in [6.45, 7) is 1.89. The average molecular weight is 275 g/mol. The Balaban J connectivity index is 2.15. The molecule has 7 heteroatoms. The van der Waals surface area contributed by atoms with Crippen LogP contribution in [0.2, 0.25) is 0 Å². The van der Waals surface area contributed by atoms with Crippen molar-refractivity contribution >= 4 is 17.8 Å². The van der Waals surface area contributed by atoms with E-state index in [1.807, 2.05) is 0 Å². The van der Waals surface area contributed by atoms with Crippen LogP contribution >= 0.6 is 0 Å². The number of anilines is 1. The molecule has 0 saturated heterocycles. The van der Waals surface area contributed by atoms with E-state index < -0.39 is 11.9 Å². The minimum absolute atomic E-state index is 0.0488. The molecule has 20 heavy (non-hydrogen) atoms. The minimum atomic E-state index is -0.629. The van der Waals surface area contributed by atoms with E-state index in [0.29, 0.717) is 5.56 Å². The Morgan fingerprint density at radius 1 is 1.25 bits per heavy atom. The molecular formula is C13H13N3O4. The maximum atomic E-state index is 11.8. The van der Waals surface area contributed by atoms with Gasteiger partial charge in [-0.05, 0) is 19.1 Å². The number of carbonyl (C=O) groups is 2. The van der Waals surface area contributed by atoms with E-state index >= 15 is 0 Å². The molecule has 0 aliphatic rings. The van der Waals surface area contributed by atoms with Gasteiger partial charge in [0.25, 0.3) is 0 Å². The third-order valence-corrected chi connectivity index (χ3v) is 2.45. The fraction of sp³-hybridized carbons (Fsp3) is 0.154. The van der Waals surface area contributed by atoms with E-state index in [9.17, 15) is 9.59 Å². The van der Waals surface area contributed by atoms with Crippen LogP contribution in [-0.4, -0.2) is 28.5 Å². The van der Waals surface area contributed by atoms with Crippen molar-refractivity contribution in [1.82, 2.24) is 9.94 Å². The fourth-order valence-corrected chi connectivity index (χ4v) is 1.49. The molecule has 7 nitrogen and oxygen atoms in total. The van der Waals surface area contributed by atoms with Crippen molar-refractivity contribution in [3.63, 3.8) is 0 Å². The summed E-state index contributed by atoms with van der Waals surface area (Å²) in [5.74, 6) is -1.34. The molecule has 104 valence electrons. The average Bonchev–Trinajstić information content (AvgIpc) is 2.81. The van der Waals surface area contributed by atoms with Crippen LogP contribution < -0.4 is 10.6 Å². The number of hydrogen-bond donors (Lipinski definition) is 1. The molecule has 0 atom stereocenters. The summed E-state index contributed by atoms with van der Waals surface area (Å²) in [6.07, 6.45) is 1.19.